The molecule has 0 aliphatic rings. The van der Waals surface area contributed by atoms with Crippen LogP contribution < -0.4 is 10.3 Å². The third-order valence-corrected chi connectivity index (χ3v) is 6.47. The van der Waals surface area contributed by atoms with Gasteiger partial charge in [0.25, 0.3) is 5.56 Å². The molecule has 0 unspecified atom stereocenters. The van der Waals surface area contributed by atoms with Crippen molar-refractivity contribution in [2.75, 3.05) is 7.11 Å². The van der Waals surface area contributed by atoms with E-state index in [1.54, 1.807) is 30.3 Å². The van der Waals surface area contributed by atoms with Crippen LogP contribution in [0.2, 0.25) is 0 Å². The van der Waals surface area contributed by atoms with E-state index in [4.69, 9.17) is 14.5 Å². The van der Waals surface area contributed by atoms with Gasteiger partial charge in [0.2, 0.25) is 0 Å². The van der Waals surface area contributed by atoms with Crippen LogP contribution in [0.1, 0.15) is 11.3 Å². The van der Waals surface area contributed by atoms with E-state index >= 15 is 0 Å². The van der Waals surface area contributed by atoms with Gasteiger partial charge in [0.05, 0.1) is 41.4 Å². The first-order valence-electron chi connectivity index (χ1n) is 9.25. The van der Waals surface area contributed by atoms with Crippen LogP contribution >= 0.6 is 0 Å². The summed E-state index contributed by atoms with van der Waals surface area (Å²) in [6.45, 7) is 0. The van der Waals surface area contributed by atoms with Crippen LogP contribution in [0.15, 0.2) is 75.1 Å². The molecule has 2 aromatic carbocycles. The SMILES string of the molecule is COc1ccc(CC#N)cc1-n1c(=O)ccc2cc(S(=O)(=O)Cc3ccon3)ccc21. The van der Waals surface area contributed by atoms with Crippen molar-refractivity contribution in [3.63, 3.8) is 0 Å². The quantitative estimate of drug-likeness (QED) is 0.457. The Morgan fingerprint density at radius 3 is 2.68 bits per heavy atom. The minimum absolute atomic E-state index is 0.110. The number of hydrogen-bond acceptors (Lipinski definition) is 7. The van der Waals surface area contributed by atoms with Crippen molar-refractivity contribution < 1.29 is 17.7 Å². The molecular formula is C22H17N3O5S. The molecule has 0 fully saturated rings. The van der Waals surface area contributed by atoms with Gasteiger partial charge in [-0.15, -0.1) is 0 Å². The number of ether oxygens (including phenoxy) is 1. The predicted octanol–water partition coefficient (Wildman–Crippen LogP) is 3.03. The zero-order chi connectivity index (χ0) is 22.0. The Morgan fingerprint density at radius 2 is 1.97 bits per heavy atom. The average molecular weight is 435 g/mol. The van der Waals surface area contributed by atoms with Gasteiger partial charge in [-0.25, -0.2) is 8.42 Å². The summed E-state index contributed by atoms with van der Waals surface area (Å²) < 4.78 is 37.1. The Balaban J connectivity index is 1.87. The predicted molar refractivity (Wildman–Crippen MR) is 113 cm³/mol. The second kappa shape index (κ2) is 8.08. The van der Waals surface area contributed by atoms with Gasteiger partial charge in [-0.05, 0) is 42.0 Å². The molecule has 0 atom stereocenters. The zero-order valence-corrected chi connectivity index (χ0v) is 17.3. The highest BCUT2D eigenvalue weighted by atomic mass is 32.2. The van der Waals surface area contributed by atoms with Crippen LogP contribution in [0.25, 0.3) is 16.6 Å². The molecule has 9 heteroatoms. The lowest BCUT2D eigenvalue weighted by Crippen LogP contribution is -2.18. The monoisotopic (exact) mass is 435 g/mol. The largest absolute Gasteiger partial charge is 0.495 e. The lowest BCUT2D eigenvalue weighted by molar-refractivity contribution is 0.413. The molecule has 2 heterocycles. The molecule has 0 aliphatic carbocycles. The highest BCUT2D eigenvalue weighted by Crippen LogP contribution is 2.28. The van der Waals surface area contributed by atoms with Crippen LogP contribution in [0.5, 0.6) is 5.75 Å². The number of nitrogens with zero attached hydrogens (tertiary/aromatic N) is 3. The van der Waals surface area contributed by atoms with E-state index in [1.807, 2.05) is 0 Å². The molecule has 0 saturated heterocycles. The lowest BCUT2D eigenvalue weighted by Gasteiger charge is -2.15. The summed E-state index contributed by atoms with van der Waals surface area (Å²) in [7, 11) is -2.17. The average Bonchev–Trinajstić information content (AvgIpc) is 3.26. The maximum Gasteiger partial charge on any atom is 0.255 e. The van der Waals surface area contributed by atoms with Gasteiger partial charge in [-0.1, -0.05) is 11.2 Å². The zero-order valence-electron chi connectivity index (χ0n) is 16.5. The van der Waals surface area contributed by atoms with Crippen LogP contribution in [-0.4, -0.2) is 25.3 Å². The second-order valence-corrected chi connectivity index (χ2v) is 8.81. The molecule has 0 N–H and O–H groups in total. The summed E-state index contributed by atoms with van der Waals surface area (Å²) >= 11 is 0. The van der Waals surface area contributed by atoms with Crippen LogP contribution in [0.4, 0.5) is 0 Å². The van der Waals surface area contributed by atoms with Gasteiger partial charge in [-0.3, -0.25) is 9.36 Å². The highest BCUT2D eigenvalue weighted by Gasteiger charge is 2.19. The Kier molecular flexibility index (Phi) is 5.31. The number of sulfone groups is 1. The fourth-order valence-corrected chi connectivity index (χ4v) is 4.65. The second-order valence-electron chi connectivity index (χ2n) is 6.82. The number of rotatable bonds is 6. The molecule has 0 bridgehead atoms. The van der Waals surface area contributed by atoms with Crippen LogP contribution in [0, 0.1) is 11.3 Å². The van der Waals surface area contributed by atoms with Crippen molar-refractivity contribution in [2.24, 2.45) is 0 Å². The van der Waals surface area contributed by atoms with Gasteiger partial charge in [0.1, 0.15) is 17.8 Å². The van der Waals surface area contributed by atoms with E-state index < -0.39 is 9.84 Å². The van der Waals surface area contributed by atoms with Gasteiger partial charge in [0.15, 0.2) is 9.84 Å². The minimum Gasteiger partial charge on any atom is -0.495 e. The molecule has 8 nitrogen and oxygen atoms in total. The van der Waals surface area contributed by atoms with Crippen molar-refractivity contribution in [2.45, 2.75) is 17.1 Å². The number of pyridine rings is 1. The van der Waals surface area contributed by atoms with E-state index in [2.05, 4.69) is 11.2 Å². The van der Waals surface area contributed by atoms with Crippen molar-refractivity contribution in [3.05, 3.63) is 82.5 Å². The number of aromatic nitrogens is 2. The van der Waals surface area contributed by atoms with E-state index in [0.717, 1.165) is 5.56 Å². The van der Waals surface area contributed by atoms with Gasteiger partial charge in [0, 0.05) is 17.5 Å². The first kappa shape index (κ1) is 20.4. The van der Waals surface area contributed by atoms with Crippen molar-refractivity contribution in [1.82, 2.24) is 9.72 Å². The third-order valence-electron chi connectivity index (χ3n) is 4.82. The summed E-state index contributed by atoms with van der Waals surface area (Å²) in [6.07, 6.45) is 1.50. The summed E-state index contributed by atoms with van der Waals surface area (Å²) in [5, 5.41) is 13.2. The standard InChI is InChI=1S/C22H17N3O5S/c1-29-21-6-2-15(8-10-23)12-20(21)25-19-5-4-18(13-16(19)3-7-22(25)26)31(27,28)14-17-9-11-30-24-17/h2-7,9,11-13H,8,14H2,1H3. The Bertz CT molecular complexity index is 1470. The topological polar surface area (TPSA) is 115 Å². The molecule has 0 radical (unpaired) electrons. The number of methoxy groups -OCH3 is 1. The molecule has 0 aliphatic heterocycles. The van der Waals surface area contributed by atoms with Crippen LogP contribution in [0.3, 0.4) is 0 Å². The summed E-state index contributed by atoms with van der Waals surface area (Å²) in [4.78, 5) is 12.9. The molecule has 156 valence electrons. The molecule has 0 amide bonds. The van der Waals surface area contributed by atoms with Crippen molar-refractivity contribution >= 4 is 20.7 Å². The number of hydrogen-bond donors (Lipinski definition) is 0. The number of nitriles is 1. The minimum atomic E-state index is -3.66. The fraction of sp³-hybridized carbons (Fsp3) is 0.136. The Morgan fingerprint density at radius 1 is 1.13 bits per heavy atom. The van der Waals surface area contributed by atoms with Gasteiger partial charge < -0.3 is 9.26 Å². The maximum absolute atomic E-state index is 12.8. The third kappa shape index (κ3) is 3.93. The summed E-state index contributed by atoms with van der Waals surface area (Å²) in [5.41, 5.74) is 1.72. The van der Waals surface area contributed by atoms with E-state index in [-0.39, 0.29) is 22.6 Å². The van der Waals surface area contributed by atoms with Gasteiger partial charge >= 0.3 is 0 Å². The van der Waals surface area contributed by atoms with E-state index in [0.29, 0.717) is 28.0 Å². The molecular weight excluding hydrogens is 418 g/mol. The molecule has 0 saturated carbocycles. The molecule has 2 aromatic heterocycles. The lowest BCUT2D eigenvalue weighted by atomic mass is 10.1. The maximum atomic E-state index is 12.8. The van der Waals surface area contributed by atoms with Crippen molar-refractivity contribution in [3.8, 4) is 17.5 Å². The fourth-order valence-electron chi connectivity index (χ4n) is 3.37. The van der Waals surface area contributed by atoms with E-state index in [1.165, 1.54) is 42.2 Å². The molecule has 4 rings (SSSR count). The van der Waals surface area contributed by atoms with E-state index in [9.17, 15) is 13.2 Å². The summed E-state index contributed by atoms with van der Waals surface area (Å²) in [5.74, 6) is 0.164. The normalized spacial score (nSPS) is 11.4. The summed E-state index contributed by atoms with van der Waals surface area (Å²) in [6, 6.07) is 16.3. The first-order chi connectivity index (χ1) is 14.9. The first-order valence-corrected chi connectivity index (χ1v) is 10.9. The Labute approximate surface area is 177 Å². The highest BCUT2D eigenvalue weighted by molar-refractivity contribution is 7.90. The van der Waals surface area contributed by atoms with Crippen molar-refractivity contribution in [1.29, 1.82) is 5.26 Å². The van der Waals surface area contributed by atoms with Crippen LogP contribution in [-0.2, 0) is 22.0 Å². The molecule has 31 heavy (non-hydrogen) atoms. The molecule has 4 aromatic rings. The molecule has 0 spiro atoms. The Hall–Kier alpha value is -3.90. The van der Waals surface area contributed by atoms with Gasteiger partial charge in [-0.2, -0.15) is 5.26 Å². The smallest absolute Gasteiger partial charge is 0.255 e. The number of benzene rings is 2. The number of fused-ring (bicyclic) bond motifs is 1.